The van der Waals surface area contributed by atoms with E-state index in [9.17, 15) is 0 Å². The van der Waals surface area contributed by atoms with Crippen LogP contribution in [0, 0.1) is 0 Å². The minimum Gasteiger partial charge on any atom is -0.297 e. The van der Waals surface area contributed by atoms with Gasteiger partial charge in [-0.2, -0.15) is 9.36 Å². The molecule has 1 N–H and O–H groups in total. The van der Waals surface area contributed by atoms with E-state index in [-0.39, 0.29) is 0 Å². The molecule has 1 heterocycles. The molecule has 1 saturated carbocycles. The summed E-state index contributed by atoms with van der Waals surface area (Å²) in [7, 11) is 0. The third kappa shape index (κ3) is 3.48. The molecule has 1 aromatic heterocycles. The second-order valence-electron chi connectivity index (χ2n) is 4.77. The van der Waals surface area contributed by atoms with Gasteiger partial charge in [0.15, 0.2) is 0 Å². The van der Waals surface area contributed by atoms with E-state index >= 15 is 0 Å². The number of hydrogen-bond donors (Lipinski definition) is 1. The Balaban J connectivity index is 1.59. The number of aromatic nitrogens is 2. The Kier molecular flexibility index (Phi) is 4.35. The van der Waals surface area contributed by atoms with E-state index in [2.05, 4.69) is 26.2 Å². The molecule has 3 rings (SSSR count). The predicted octanol–water partition coefficient (Wildman–Crippen LogP) is 4.60. The molecular formula is C14H17N3S2. The van der Waals surface area contributed by atoms with Crippen LogP contribution in [0.4, 0.5) is 5.95 Å². The van der Waals surface area contributed by atoms with Crippen molar-refractivity contribution in [3.8, 4) is 10.6 Å². The Hall–Kier alpha value is -1.07. The molecule has 1 fully saturated rings. The molecule has 1 aliphatic rings. The molecule has 5 heteroatoms. The fraction of sp³-hybridized carbons (Fsp3) is 0.429. The molecule has 1 aromatic carbocycles. The third-order valence-electron chi connectivity index (χ3n) is 3.32. The van der Waals surface area contributed by atoms with Gasteiger partial charge in [0.2, 0.25) is 5.95 Å². The van der Waals surface area contributed by atoms with E-state index in [1.54, 1.807) is 11.9 Å². The van der Waals surface area contributed by atoms with Crippen molar-refractivity contribution in [3.05, 3.63) is 30.3 Å². The summed E-state index contributed by atoms with van der Waals surface area (Å²) in [5, 5.41) is 1.70. The molecule has 3 nitrogen and oxygen atoms in total. The largest absolute Gasteiger partial charge is 0.297 e. The first-order valence-electron chi connectivity index (χ1n) is 6.72. The Morgan fingerprint density at radius 2 is 1.89 bits per heavy atom. The fourth-order valence-electron chi connectivity index (χ4n) is 2.28. The highest BCUT2D eigenvalue weighted by atomic mass is 32.2. The van der Waals surface area contributed by atoms with Crippen molar-refractivity contribution in [2.24, 2.45) is 0 Å². The van der Waals surface area contributed by atoms with E-state index in [0.29, 0.717) is 0 Å². The molecule has 1 aliphatic carbocycles. The molecule has 2 aromatic rings. The molecule has 0 aliphatic heterocycles. The number of benzene rings is 1. The third-order valence-corrected chi connectivity index (χ3v) is 5.19. The topological polar surface area (TPSA) is 37.8 Å². The molecule has 0 amide bonds. The second-order valence-corrected chi connectivity index (χ2v) is 6.63. The lowest BCUT2D eigenvalue weighted by Crippen LogP contribution is -2.10. The summed E-state index contributed by atoms with van der Waals surface area (Å²) in [6.07, 6.45) is 6.74. The average Bonchev–Trinajstić information content (AvgIpc) is 2.96. The van der Waals surface area contributed by atoms with E-state index in [4.69, 9.17) is 0 Å². The van der Waals surface area contributed by atoms with Crippen LogP contribution in [0.25, 0.3) is 10.6 Å². The molecule has 0 bridgehead atoms. The number of hydrogen-bond acceptors (Lipinski definition) is 5. The highest BCUT2D eigenvalue weighted by Crippen LogP contribution is 2.29. The maximum absolute atomic E-state index is 4.54. The molecule has 0 spiro atoms. The van der Waals surface area contributed by atoms with Crippen LogP contribution < -0.4 is 4.72 Å². The van der Waals surface area contributed by atoms with Crippen molar-refractivity contribution in [3.63, 3.8) is 0 Å². The quantitative estimate of drug-likeness (QED) is 0.836. The second kappa shape index (κ2) is 6.39. The van der Waals surface area contributed by atoms with Gasteiger partial charge in [0.25, 0.3) is 0 Å². The van der Waals surface area contributed by atoms with Gasteiger partial charge in [-0.25, -0.2) is 0 Å². The number of rotatable bonds is 4. The lowest BCUT2D eigenvalue weighted by molar-refractivity contribution is 0.516. The van der Waals surface area contributed by atoms with Crippen molar-refractivity contribution >= 4 is 29.4 Å². The van der Waals surface area contributed by atoms with Gasteiger partial charge in [0, 0.05) is 10.8 Å². The lowest BCUT2D eigenvalue weighted by atomic mass is 10.0. The summed E-state index contributed by atoms with van der Waals surface area (Å²) in [5.74, 6) is 0.749. The van der Waals surface area contributed by atoms with Crippen LogP contribution in [0.5, 0.6) is 0 Å². The summed E-state index contributed by atoms with van der Waals surface area (Å²) >= 11 is 3.24. The van der Waals surface area contributed by atoms with E-state index in [1.165, 1.54) is 43.6 Å². The van der Waals surface area contributed by atoms with Crippen molar-refractivity contribution in [1.29, 1.82) is 0 Å². The summed E-state index contributed by atoms with van der Waals surface area (Å²) in [5.41, 5.74) is 1.13. The minimum absolute atomic E-state index is 0.720. The van der Waals surface area contributed by atoms with Crippen LogP contribution in [-0.4, -0.2) is 14.6 Å². The van der Waals surface area contributed by atoms with Crippen LogP contribution >= 0.6 is 23.5 Å². The summed E-state index contributed by atoms with van der Waals surface area (Å²) in [4.78, 5) is 4.54. The van der Waals surface area contributed by atoms with E-state index < -0.39 is 0 Å². The van der Waals surface area contributed by atoms with Crippen molar-refractivity contribution in [1.82, 2.24) is 9.36 Å². The van der Waals surface area contributed by atoms with Crippen molar-refractivity contribution in [2.75, 3.05) is 4.72 Å². The molecular weight excluding hydrogens is 274 g/mol. The molecule has 100 valence electrons. The smallest absolute Gasteiger partial charge is 0.245 e. The first-order valence-corrected chi connectivity index (χ1v) is 8.38. The summed E-state index contributed by atoms with van der Waals surface area (Å²) in [6.45, 7) is 0. The zero-order valence-corrected chi connectivity index (χ0v) is 12.3. The molecule has 0 unspecified atom stereocenters. The maximum Gasteiger partial charge on any atom is 0.245 e. The molecule has 0 atom stereocenters. The van der Waals surface area contributed by atoms with Crippen LogP contribution in [0.2, 0.25) is 0 Å². The maximum atomic E-state index is 4.54. The van der Waals surface area contributed by atoms with Crippen molar-refractivity contribution < 1.29 is 0 Å². The number of nitrogens with one attached hydrogen (secondary N) is 1. The van der Waals surface area contributed by atoms with Gasteiger partial charge in [-0.1, -0.05) is 49.6 Å². The van der Waals surface area contributed by atoms with Gasteiger partial charge >= 0.3 is 0 Å². The Labute approximate surface area is 122 Å². The Morgan fingerprint density at radius 1 is 1.11 bits per heavy atom. The monoisotopic (exact) mass is 291 g/mol. The van der Waals surface area contributed by atoms with Gasteiger partial charge in [-0.15, -0.1) is 0 Å². The number of nitrogens with zero attached hydrogens (tertiary/aromatic N) is 2. The Bertz CT molecular complexity index is 506. The molecule has 0 radical (unpaired) electrons. The number of anilines is 1. The van der Waals surface area contributed by atoms with Crippen LogP contribution in [0.15, 0.2) is 30.3 Å². The zero-order chi connectivity index (χ0) is 12.9. The predicted molar refractivity (Wildman–Crippen MR) is 83.4 cm³/mol. The van der Waals surface area contributed by atoms with E-state index in [0.717, 1.165) is 21.8 Å². The van der Waals surface area contributed by atoms with E-state index in [1.807, 2.05) is 18.2 Å². The van der Waals surface area contributed by atoms with Gasteiger partial charge in [-0.05, 0) is 36.3 Å². The normalized spacial score (nSPS) is 16.4. The first-order chi connectivity index (χ1) is 9.42. The molecule has 0 saturated heterocycles. The minimum atomic E-state index is 0.720. The zero-order valence-electron chi connectivity index (χ0n) is 10.7. The lowest BCUT2D eigenvalue weighted by Gasteiger charge is -2.20. The van der Waals surface area contributed by atoms with Gasteiger partial charge in [0.1, 0.15) is 5.01 Å². The first kappa shape index (κ1) is 12.9. The fourth-order valence-corrected chi connectivity index (χ4v) is 3.90. The van der Waals surface area contributed by atoms with Gasteiger partial charge in [0.05, 0.1) is 0 Å². The molecule has 19 heavy (non-hydrogen) atoms. The highest BCUT2D eigenvalue weighted by Gasteiger charge is 2.15. The van der Waals surface area contributed by atoms with Crippen molar-refractivity contribution in [2.45, 2.75) is 37.4 Å². The van der Waals surface area contributed by atoms with Crippen LogP contribution in [0.1, 0.15) is 32.1 Å². The average molecular weight is 291 g/mol. The summed E-state index contributed by atoms with van der Waals surface area (Å²) in [6, 6.07) is 10.2. The Morgan fingerprint density at radius 3 is 2.68 bits per heavy atom. The summed E-state index contributed by atoms with van der Waals surface area (Å²) < 4.78 is 7.68. The van der Waals surface area contributed by atoms with Crippen LogP contribution in [-0.2, 0) is 0 Å². The highest BCUT2D eigenvalue weighted by molar-refractivity contribution is 8.01. The standard InChI is InChI=1S/C14H17N3S2/c1-3-7-11(8-4-1)13-15-14(17-19-13)16-18-12-9-5-2-6-10-12/h1,3-4,7-8,12H,2,5-6,9-10H2,(H,16,17). The van der Waals surface area contributed by atoms with Gasteiger partial charge in [-0.3, -0.25) is 4.72 Å². The van der Waals surface area contributed by atoms with Crippen LogP contribution in [0.3, 0.4) is 0 Å². The van der Waals surface area contributed by atoms with Gasteiger partial charge < -0.3 is 0 Å². The SMILES string of the molecule is c1ccc(-c2nc(NSC3CCCCC3)ns2)cc1.